The quantitative estimate of drug-likeness (QED) is 0.708. The van der Waals surface area contributed by atoms with Crippen molar-refractivity contribution in [3.8, 4) is 18.0 Å². The van der Waals surface area contributed by atoms with Gasteiger partial charge in [-0.15, -0.1) is 0 Å². The van der Waals surface area contributed by atoms with Gasteiger partial charge in [0, 0.05) is 29.3 Å². The maximum Gasteiger partial charge on any atom is 0.319 e. The number of nitrogens with zero attached hydrogens (tertiary/aromatic N) is 3. The minimum absolute atomic E-state index is 0.101. The first-order chi connectivity index (χ1) is 13.4. The fraction of sp³-hybridized carbons (Fsp3) is 0.333. The van der Waals surface area contributed by atoms with E-state index in [4.69, 9.17) is 9.47 Å². The molecule has 0 aliphatic heterocycles. The van der Waals surface area contributed by atoms with E-state index in [-0.39, 0.29) is 11.6 Å². The Bertz CT molecular complexity index is 1120. The molecule has 7 nitrogen and oxygen atoms in total. The second-order valence-electron chi connectivity index (χ2n) is 6.79. The summed E-state index contributed by atoms with van der Waals surface area (Å²) in [7, 11) is 2.99. The number of methoxy groups -OCH3 is 2. The number of nitriles is 1. The van der Waals surface area contributed by atoms with Crippen LogP contribution in [0.4, 0.5) is 0 Å². The van der Waals surface area contributed by atoms with Gasteiger partial charge in [-0.3, -0.25) is 4.79 Å². The van der Waals surface area contributed by atoms with E-state index in [0.29, 0.717) is 29.8 Å². The SMILES string of the molecule is CCc1cc2ccc(C(C)(C#N)Cc3cnc(OC)nc3OC)cc2[nH]c1=O. The van der Waals surface area contributed by atoms with Gasteiger partial charge in [-0.2, -0.15) is 10.2 Å². The Balaban J connectivity index is 2.04. The maximum absolute atomic E-state index is 12.2. The molecule has 0 fully saturated rings. The van der Waals surface area contributed by atoms with Crippen molar-refractivity contribution in [3.05, 3.63) is 57.5 Å². The predicted octanol–water partition coefficient (Wildman–Crippen LogP) is 2.92. The molecular formula is C21H22N4O3. The van der Waals surface area contributed by atoms with Crippen molar-refractivity contribution < 1.29 is 9.47 Å². The average Bonchev–Trinajstić information content (AvgIpc) is 2.72. The molecule has 0 amide bonds. The van der Waals surface area contributed by atoms with Crippen LogP contribution < -0.4 is 15.0 Å². The summed E-state index contributed by atoms with van der Waals surface area (Å²) in [6.45, 7) is 3.79. The van der Waals surface area contributed by atoms with Gasteiger partial charge in [-0.1, -0.05) is 19.1 Å². The van der Waals surface area contributed by atoms with Crippen LogP contribution in [0.3, 0.4) is 0 Å². The van der Waals surface area contributed by atoms with E-state index in [9.17, 15) is 10.1 Å². The van der Waals surface area contributed by atoms with Crippen LogP contribution >= 0.6 is 0 Å². The zero-order valence-corrected chi connectivity index (χ0v) is 16.4. The number of aromatic amines is 1. The van der Waals surface area contributed by atoms with Crippen LogP contribution in [0.5, 0.6) is 11.9 Å². The molecule has 3 aromatic rings. The third kappa shape index (κ3) is 3.54. The number of H-pyrrole nitrogens is 1. The van der Waals surface area contributed by atoms with Crippen LogP contribution in [0, 0.1) is 11.3 Å². The number of hydrogen-bond donors (Lipinski definition) is 1. The van der Waals surface area contributed by atoms with Crippen molar-refractivity contribution in [3.63, 3.8) is 0 Å². The largest absolute Gasteiger partial charge is 0.481 e. The smallest absolute Gasteiger partial charge is 0.319 e. The van der Waals surface area contributed by atoms with Crippen molar-refractivity contribution >= 4 is 10.9 Å². The molecule has 2 aromatic heterocycles. The number of nitrogens with one attached hydrogen (secondary N) is 1. The van der Waals surface area contributed by atoms with E-state index in [0.717, 1.165) is 16.5 Å². The number of ether oxygens (including phenoxy) is 2. The first-order valence-corrected chi connectivity index (χ1v) is 8.95. The molecule has 28 heavy (non-hydrogen) atoms. The number of aryl methyl sites for hydroxylation is 1. The first-order valence-electron chi connectivity index (χ1n) is 8.95. The summed E-state index contributed by atoms with van der Waals surface area (Å²) in [6.07, 6.45) is 2.62. The molecule has 0 saturated heterocycles. The van der Waals surface area contributed by atoms with Crippen molar-refractivity contribution in [1.29, 1.82) is 5.26 Å². The van der Waals surface area contributed by atoms with Crippen molar-refractivity contribution in [2.45, 2.75) is 32.1 Å². The van der Waals surface area contributed by atoms with Gasteiger partial charge in [0.05, 0.1) is 25.7 Å². The van der Waals surface area contributed by atoms with Gasteiger partial charge in [-0.25, -0.2) is 4.98 Å². The lowest BCUT2D eigenvalue weighted by Gasteiger charge is -2.23. The summed E-state index contributed by atoms with van der Waals surface area (Å²) < 4.78 is 10.4. The number of benzene rings is 1. The zero-order valence-electron chi connectivity index (χ0n) is 16.4. The summed E-state index contributed by atoms with van der Waals surface area (Å²) in [5.41, 5.74) is 1.97. The zero-order chi connectivity index (χ0) is 20.3. The molecule has 144 valence electrons. The Hall–Kier alpha value is -3.40. The molecule has 2 heterocycles. The Kier molecular flexibility index (Phi) is 5.32. The number of pyridine rings is 1. The Morgan fingerprint density at radius 1 is 1.21 bits per heavy atom. The minimum atomic E-state index is -0.861. The molecule has 0 aliphatic rings. The second kappa shape index (κ2) is 7.69. The van der Waals surface area contributed by atoms with Gasteiger partial charge in [0.15, 0.2) is 0 Å². The third-order valence-electron chi connectivity index (χ3n) is 4.91. The van der Waals surface area contributed by atoms with E-state index in [1.54, 1.807) is 6.20 Å². The summed E-state index contributed by atoms with van der Waals surface area (Å²) in [4.78, 5) is 23.4. The van der Waals surface area contributed by atoms with Gasteiger partial charge < -0.3 is 14.5 Å². The first kappa shape index (κ1) is 19.4. The fourth-order valence-corrected chi connectivity index (χ4v) is 3.21. The molecule has 3 rings (SSSR count). The standard InChI is InChI=1S/C21H22N4O3/c1-5-13-8-14-6-7-16(9-17(14)24-18(13)26)21(2,12-22)10-15-11-23-20(28-4)25-19(15)27-3/h6-9,11H,5,10H2,1-4H3,(H,24,26). The van der Waals surface area contributed by atoms with Gasteiger partial charge in [0.25, 0.3) is 5.56 Å². The molecular weight excluding hydrogens is 356 g/mol. The highest BCUT2D eigenvalue weighted by Crippen LogP contribution is 2.32. The molecule has 1 aromatic carbocycles. The van der Waals surface area contributed by atoms with Crippen LogP contribution in [0.2, 0.25) is 0 Å². The lowest BCUT2D eigenvalue weighted by molar-refractivity contribution is 0.347. The van der Waals surface area contributed by atoms with Gasteiger partial charge in [-0.05, 0) is 36.4 Å². The molecule has 0 spiro atoms. The molecule has 7 heteroatoms. The lowest BCUT2D eigenvalue weighted by atomic mass is 9.78. The van der Waals surface area contributed by atoms with Crippen LogP contribution in [0.25, 0.3) is 10.9 Å². The third-order valence-corrected chi connectivity index (χ3v) is 4.91. The molecule has 0 saturated carbocycles. The molecule has 1 atom stereocenters. The number of rotatable bonds is 6. The highest BCUT2D eigenvalue weighted by molar-refractivity contribution is 5.80. The van der Waals surface area contributed by atoms with Crippen LogP contribution in [-0.2, 0) is 18.3 Å². The molecule has 0 aliphatic carbocycles. The topological polar surface area (TPSA) is 101 Å². The van der Waals surface area contributed by atoms with Gasteiger partial charge in [0.2, 0.25) is 5.88 Å². The number of aromatic nitrogens is 3. The van der Waals surface area contributed by atoms with E-state index in [1.807, 2.05) is 38.1 Å². The van der Waals surface area contributed by atoms with Crippen molar-refractivity contribution in [2.75, 3.05) is 14.2 Å². The summed E-state index contributed by atoms with van der Waals surface area (Å²) in [6, 6.07) is 10.2. The highest BCUT2D eigenvalue weighted by atomic mass is 16.5. The molecule has 0 radical (unpaired) electrons. The highest BCUT2D eigenvalue weighted by Gasteiger charge is 2.29. The van der Waals surface area contributed by atoms with E-state index >= 15 is 0 Å². The van der Waals surface area contributed by atoms with E-state index in [2.05, 4.69) is 21.0 Å². The van der Waals surface area contributed by atoms with Crippen LogP contribution in [0.15, 0.2) is 35.3 Å². The van der Waals surface area contributed by atoms with Crippen molar-refractivity contribution in [1.82, 2.24) is 15.0 Å². The number of hydrogen-bond acceptors (Lipinski definition) is 6. The molecule has 1 unspecified atom stereocenters. The summed E-state index contributed by atoms with van der Waals surface area (Å²) >= 11 is 0. The fourth-order valence-electron chi connectivity index (χ4n) is 3.21. The summed E-state index contributed by atoms with van der Waals surface area (Å²) in [5.74, 6) is 0.370. The Morgan fingerprint density at radius 2 is 2.00 bits per heavy atom. The maximum atomic E-state index is 12.2. The van der Waals surface area contributed by atoms with Crippen molar-refractivity contribution in [2.24, 2.45) is 0 Å². The van der Waals surface area contributed by atoms with Crippen LogP contribution in [0.1, 0.15) is 30.5 Å². The minimum Gasteiger partial charge on any atom is -0.481 e. The normalized spacial score (nSPS) is 13.0. The van der Waals surface area contributed by atoms with Gasteiger partial charge >= 0.3 is 6.01 Å². The van der Waals surface area contributed by atoms with Crippen LogP contribution in [-0.4, -0.2) is 29.2 Å². The van der Waals surface area contributed by atoms with Gasteiger partial charge in [0.1, 0.15) is 0 Å². The number of fused-ring (bicyclic) bond motifs is 1. The molecule has 0 bridgehead atoms. The monoisotopic (exact) mass is 378 g/mol. The Morgan fingerprint density at radius 3 is 2.64 bits per heavy atom. The summed E-state index contributed by atoms with van der Waals surface area (Å²) in [5, 5.41) is 10.9. The van der Waals surface area contributed by atoms with E-state index < -0.39 is 5.41 Å². The molecule has 1 N–H and O–H groups in total. The second-order valence-corrected chi connectivity index (χ2v) is 6.79. The van der Waals surface area contributed by atoms with E-state index in [1.165, 1.54) is 14.2 Å². The average molecular weight is 378 g/mol. The lowest BCUT2D eigenvalue weighted by Crippen LogP contribution is -2.24. The predicted molar refractivity (Wildman–Crippen MR) is 106 cm³/mol. The Labute approximate surface area is 163 Å².